The molecule has 4 amide bonds. The number of para-hydroxylation sites is 2. The zero-order valence-corrected chi connectivity index (χ0v) is 57.3. The van der Waals surface area contributed by atoms with Crippen LogP contribution in [-0.4, -0.2) is 162 Å². The van der Waals surface area contributed by atoms with Crippen molar-refractivity contribution in [3.63, 3.8) is 0 Å². The Morgan fingerprint density at radius 3 is 1.17 bits per heavy atom. The van der Waals surface area contributed by atoms with E-state index in [2.05, 4.69) is 59.1 Å². The molecule has 0 bridgehead atoms. The number of benzene rings is 7. The maximum atomic E-state index is 12.6. The lowest BCUT2D eigenvalue weighted by Gasteiger charge is -2.26. The van der Waals surface area contributed by atoms with E-state index < -0.39 is 0 Å². The molecule has 11 rings (SSSR count). The predicted molar refractivity (Wildman–Crippen MR) is 389 cm³/mol. The topological polar surface area (TPSA) is 157 Å². The Kier molecular flexibility index (Phi) is 32.9. The van der Waals surface area contributed by atoms with Crippen molar-refractivity contribution in [2.45, 2.75) is 109 Å². The van der Waals surface area contributed by atoms with Crippen LogP contribution in [0.3, 0.4) is 0 Å². The average Bonchev–Trinajstić information content (AvgIpc) is 1.05. The second-order valence-corrected chi connectivity index (χ2v) is 25.2. The van der Waals surface area contributed by atoms with Gasteiger partial charge in [-0.25, -0.2) is 0 Å². The molecule has 0 unspecified atom stereocenters. The van der Waals surface area contributed by atoms with E-state index in [1.807, 2.05) is 146 Å². The third kappa shape index (κ3) is 25.7. The zero-order chi connectivity index (χ0) is 67.0. The molecule has 0 spiro atoms. The first-order valence-corrected chi connectivity index (χ1v) is 35.6. The molecule has 0 aromatic heterocycles. The van der Waals surface area contributed by atoms with Gasteiger partial charge in [0.25, 0.3) is 23.6 Å². The lowest BCUT2D eigenvalue weighted by Crippen LogP contribution is -2.33. The summed E-state index contributed by atoms with van der Waals surface area (Å²) in [6.07, 6.45) is 20.7. The Hall–Kier alpha value is -8.34. The molecule has 512 valence electrons. The van der Waals surface area contributed by atoms with Gasteiger partial charge in [0.05, 0.1) is 19.8 Å². The van der Waals surface area contributed by atoms with Crippen molar-refractivity contribution in [3.8, 4) is 34.1 Å². The summed E-state index contributed by atoms with van der Waals surface area (Å²) in [4.78, 5) is 60.0. The van der Waals surface area contributed by atoms with Gasteiger partial charge >= 0.3 is 0 Å². The van der Waals surface area contributed by atoms with Crippen molar-refractivity contribution in [3.05, 3.63) is 215 Å². The second-order valence-electron chi connectivity index (χ2n) is 25.2. The Labute approximate surface area is 572 Å². The molecular weight excluding hydrogens is 1200 g/mol. The highest BCUT2D eigenvalue weighted by molar-refractivity contribution is 6.01. The van der Waals surface area contributed by atoms with Gasteiger partial charge in [-0.05, 0) is 233 Å². The quantitative estimate of drug-likeness (QED) is 0.0363. The number of amides is 4. The maximum Gasteiger partial charge on any atom is 0.258 e. The molecule has 96 heavy (non-hydrogen) atoms. The van der Waals surface area contributed by atoms with E-state index in [0.29, 0.717) is 41.5 Å². The summed E-state index contributed by atoms with van der Waals surface area (Å²) in [5.41, 5.74) is 6.97. The smallest absolute Gasteiger partial charge is 0.258 e. The molecule has 15 heteroatoms. The number of hydrogen-bond donors (Lipinski definition) is 4. The molecule has 7 aromatic rings. The minimum absolute atomic E-state index is 0.0214. The Morgan fingerprint density at radius 2 is 0.698 bits per heavy atom. The highest BCUT2D eigenvalue weighted by Crippen LogP contribution is 2.29. The van der Waals surface area contributed by atoms with E-state index >= 15 is 0 Å². The third-order valence-electron chi connectivity index (χ3n) is 18.1. The van der Waals surface area contributed by atoms with Gasteiger partial charge in [-0.2, -0.15) is 0 Å². The van der Waals surface area contributed by atoms with Gasteiger partial charge in [0, 0.05) is 37.3 Å². The van der Waals surface area contributed by atoms with Crippen molar-refractivity contribution in [2.24, 2.45) is 0 Å². The Balaban J connectivity index is 0.000000164. The first-order valence-electron chi connectivity index (χ1n) is 35.6. The van der Waals surface area contributed by atoms with Crippen LogP contribution >= 0.6 is 0 Å². The van der Waals surface area contributed by atoms with Crippen LogP contribution in [0.15, 0.2) is 182 Å². The Bertz CT molecular complexity index is 3210. The largest absolute Gasteiger partial charge is 0.496 e. The van der Waals surface area contributed by atoms with Gasteiger partial charge in [0.1, 0.15) is 28.6 Å². The molecule has 4 fully saturated rings. The van der Waals surface area contributed by atoms with Gasteiger partial charge < -0.3 is 55.1 Å². The van der Waals surface area contributed by atoms with Crippen LogP contribution in [0.2, 0.25) is 0 Å². The van der Waals surface area contributed by atoms with E-state index in [9.17, 15) is 19.2 Å². The van der Waals surface area contributed by atoms with Crippen molar-refractivity contribution in [2.75, 3.05) is 119 Å². The summed E-state index contributed by atoms with van der Waals surface area (Å²) in [5.74, 6) is 2.23. The first-order chi connectivity index (χ1) is 47.3. The molecule has 4 heterocycles. The number of rotatable bonds is 27. The highest BCUT2D eigenvalue weighted by atomic mass is 16.5. The van der Waals surface area contributed by atoms with Gasteiger partial charge in [0.15, 0.2) is 0 Å². The molecular formula is C81H106N8O7. The summed E-state index contributed by atoms with van der Waals surface area (Å²) < 4.78 is 16.4. The van der Waals surface area contributed by atoms with Crippen molar-refractivity contribution >= 4 is 23.6 Å². The molecule has 0 saturated carbocycles. The predicted octanol–water partition coefficient (Wildman–Crippen LogP) is 14.2. The normalized spacial score (nSPS) is 15.1. The number of nitrogens with one attached hydrogen (secondary N) is 4. The SMILES string of the molecule is COc1cccc(OC)c1C(=O)NCCCN1CCCCC1.O=C(NCCCN1CCCCC1)c1ccccc1-c1ccccc1.O=C(NCCCN1CCCCC1)c1ccccc1Cc1ccccc1.O=C(NCCCN1CCCCC1)c1ccccc1Oc1ccccc1. The van der Waals surface area contributed by atoms with E-state index in [1.165, 1.54) is 135 Å². The van der Waals surface area contributed by atoms with Gasteiger partial charge in [-0.15, -0.1) is 0 Å². The molecule has 0 radical (unpaired) electrons. The minimum atomic E-state index is -0.145. The van der Waals surface area contributed by atoms with Crippen LogP contribution in [0.1, 0.15) is 155 Å². The van der Waals surface area contributed by atoms with Gasteiger partial charge in [-0.1, -0.05) is 159 Å². The van der Waals surface area contributed by atoms with Crippen LogP contribution in [0.5, 0.6) is 23.0 Å². The van der Waals surface area contributed by atoms with Crippen LogP contribution in [-0.2, 0) is 6.42 Å². The zero-order valence-electron chi connectivity index (χ0n) is 57.3. The summed E-state index contributed by atoms with van der Waals surface area (Å²) in [7, 11) is 3.11. The minimum Gasteiger partial charge on any atom is -0.496 e. The molecule has 0 aliphatic carbocycles. The number of carbonyl (C=O) groups is 4. The summed E-state index contributed by atoms with van der Waals surface area (Å²) in [6, 6.07) is 58.4. The molecule has 0 atom stereocenters. The molecule has 4 aliphatic heterocycles. The Morgan fingerprint density at radius 1 is 0.344 bits per heavy atom. The summed E-state index contributed by atoms with van der Waals surface area (Å²) >= 11 is 0. The van der Waals surface area contributed by atoms with Crippen molar-refractivity contribution in [1.82, 2.24) is 40.9 Å². The molecule has 4 aliphatic rings. The number of carbonyl (C=O) groups excluding carboxylic acids is 4. The van der Waals surface area contributed by atoms with Gasteiger partial charge in [-0.3, -0.25) is 19.2 Å². The maximum absolute atomic E-state index is 12.6. The van der Waals surface area contributed by atoms with E-state index in [4.69, 9.17) is 14.2 Å². The van der Waals surface area contributed by atoms with Crippen LogP contribution < -0.4 is 35.5 Å². The number of piperidine rings is 4. The van der Waals surface area contributed by atoms with E-state index in [-0.39, 0.29) is 23.6 Å². The van der Waals surface area contributed by atoms with E-state index in [0.717, 1.165) is 105 Å². The number of likely N-dealkylation sites (tertiary alicyclic amines) is 4. The fourth-order valence-electron chi connectivity index (χ4n) is 12.8. The van der Waals surface area contributed by atoms with Crippen molar-refractivity contribution in [1.29, 1.82) is 0 Å². The molecule has 4 N–H and O–H groups in total. The third-order valence-corrected chi connectivity index (χ3v) is 18.1. The van der Waals surface area contributed by atoms with Gasteiger partial charge in [0.2, 0.25) is 0 Å². The molecule has 15 nitrogen and oxygen atoms in total. The highest BCUT2D eigenvalue weighted by Gasteiger charge is 2.20. The van der Waals surface area contributed by atoms with E-state index in [1.54, 1.807) is 32.4 Å². The number of methoxy groups -OCH3 is 2. The second kappa shape index (κ2) is 43.0. The summed E-state index contributed by atoms with van der Waals surface area (Å²) in [5, 5.41) is 12.2. The molecule has 4 saturated heterocycles. The van der Waals surface area contributed by atoms with Crippen LogP contribution in [0.4, 0.5) is 0 Å². The number of nitrogens with zero attached hydrogens (tertiary/aromatic N) is 4. The van der Waals surface area contributed by atoms with Crippen LogP contribution in [0.25, 0.3) is 11.1 Å². The number of hydrogen-bond acceptors (Lipinski definition) is 11. The first kappa shape index (κ1) is 73.5. The number of ether oxygens (including phenoxy) is 3. The van der Waals surface area contributed by atoms with Crippen LogP contribution in [0, 0.1) is 0 Å². The lowest BCUT2D eigenvalue weighted by atomic mass is 9.99. The monoisotopic (exact) mass is 1300 g/mol. The fraction of sp³-hybridized carbons (Fsp3) is 0.432. The lowest BCUT2D eigenvalue weighted by molar-refractivity contribution is 0.0937. The molecule has 7 aromatic carbocycles. The average molecular weight is 1300 g/mol. The summed E-state index contributed by atoms with van der Waals surface area (Å²) in [6.45, 7) is 16.7. The van der Waals surface area contributed by atoms with Crippen molar-refractivity contribution < 1.29 is 33.4 Å². The fourth-order valence-corrected chi connectivity index (χ4v) is 12.8. The standard InChI is InChI=1S/C22H28N2O.C21H26N2O2.C21H26N2O.C17H26N2O3/c25-22(23-14-9-17-24-15-7-2-8-16-24)21-13-6-5-12-20(21)18-19-10-3-1-4-11-19;24-21(22-14-9-17-23-15-7-2-8-16-23)19-12-5-6-13-20(19)25-18-10-3-1-4-11-18;24-21(22-14-9-17-23-15-7-2-8-16-23)20-13-6-5-12-19(20)18-10-3-1-4-11-18;1-21-14-8-6-9-15(22-2)16(14)17(20)18-10-7-13-19-11-4-3-5-12-19/h1,3-6,10-13H,2,7-9,14-18H2,(H,23,25);1,3-6,10-13H,2,7-9,14-17H2,(H,22,24);1,3-6,10-13H,2,7-9,14-17H2,(H,22,24);6,8-9H,3-5,7,10-13H2,1-2H3,(H,18,20).